The second-order valence-corrected chi connectivity index (χ2v) is 7.92. The number of rotatable bonds is 6. The Morgan fingerprint density at radius 2 is 1.57 bits per heavy atom. The first-order chi connectivity index (χ1) is 14.4. The molecule has 1 aliphatic rings. The molecule has 7 nitrogen and oxygen atoms in total. The Morgan fingerprint density at radius 1 is 0.933 bits per heavy atom. The van der Waals surface area contributed by atoms with E-state index in [1.54, 1.807) is 42.5 Å². The highest BCUT2D eigenvalue weighted by atomic mass is 79.9. The molecule has 3 N–H and O–H groups in total. The van der Waals surface area contributed by atoms with Crippen LogP contribution in [0.2, 0.25) is 0 Å². The topological polar surface area (TPSA) is 100 Å². The van der Waals surface area contributed by atoms with Gasteiger partial charge in [-0.25, -0.2) is 4.98 Å². The number of hydrogen-bond acceptors (Lipinski definition) is 4. The highest BCUT2D eigenvalue weighted by Gasteiger charge is 2.23. The fourth-order valence-corrected chi connectivity index (χ4v) is 3.69. The van der Waals surface area contributed by atoms with Crippen LogP contribution in [-0.2, 0) is 4.79 Å². The summed E-state index contributed by atoms with van der Waals surface area (Å²) < 4.78 is 0.583. The number of amides is 3. The summed E-state index contributed by atoms with van der Waals surface area (Å²) in [6.07, 6.45) is 4.52. The monoisotopic (exact) mass is 470 g/mol. The predicted octanol–water partition coefficient (Wildman–Crippen LogP) is 3.44. The number of benzene rings is 1. The van der Waals surface area contributed by atoms with Crippen molar-refractivity contribution in [2.24, 2.45) is 0 Å². The number of carbonyl (C=O) groups excluding carboxylic acids is 3. The Hall–Kier alpha value is -3.00. The fourth-order valence-electron chi connectivity index (χ4n) is 3.35. The Balaban J connectivity index is 1.50. The van der Waals surface area contributed by atoms with Crippen molar-refractivity contribution < 1.29 is 14.4 Å². The minimum atomic E-state index is -0.325. The van der Waals surface area contributed by atoms with Crippen LogP contribution in [0.1, 0.15) is 46.5 Å². The molecule has 0 radical (unpaired) electrons. The molecule has 0 bridgehead atoms. The molecule has 1 fully saturated rings. The Labute approximate surface area is 183 Å². The third kappa shape index (κ3) is 6.00. The fraction of sp³-hybridized carbons (Fsp3) is 0.273. The van der Waals surface area contributed by atoms with Gasteiger partial charge < -0.3 is 16.0 Å². The molecule has 1 aromatic carbocycles. The van der Waals surface area contributed by atoms with E-state index in [-0.39, 0.29) is 29.8 Å². The SMILES string of the molecule is C=CC(=O)NC1CCC(NC(=O)c2ccc(NC(=O)c3cccc(Br)n3)cc2)CC1. The van der Waals surface area contributed by atoms with Gasteiger partial charge in [-0.05, 0) is 84.1 Å². The number of aromatic nitrogens is 1. The van der Waals surface area contributed by atoms with Crippen LogP contribution in [0.4, 0.5) is 5.69 Å². The van der Waals surface area contributed by atoms with Crippen LogP contribution in [0.5, 0.6) is 0 Å². The molecule has 3 rings (SSSR count). The smallest absolute Gasteiger partial charge is 0.274 e. The van der Waals surface area contributed by atoms with Crippen molar-refractivity contribution >= 4 is 39.3 Å². The van der Waals surface area contributed by atoms with Gasteiger partial charge in [0.05, 0.1) is 0 Å². The third-order valence-corrected chi connectivity index (χ3v) is 5.39. The van der Waals surface area contributed by atoms with Gasteiger partial charge in [0.1, 0.15) is 10.3 Å². The number of hydrogen-bond donors (Lipinski definition) is 3. The lowest BCUT2D eigenvalue weighted by Crippen LogP contribution is -2.43. The molecule has 1 aliphatic carbocycles. The molecule has 0 spiro atoms. The first-order valence-corrected chi connectivity index (χ1v) is 10.5. The molecule has 1 saturated carbocycles. The van der Waals surface area contributed by atoms with E-state index in [2.05, 4.69) is 43.4 Å². The van der Waals surface area contributed by atoms with Crippen molar-refractivity contribution in [3.63, 3.8) is 0 Å². The largest absolute Gasteiger partial charge is 0.350 e. The maximum absolute atomic E-state index is 12.5. The van der Waals surface area contributed by atoms with Crippen LogP contribution in [0.15, 0.2) is 59.7 Å². The van der Waals surface area contributed by atoms with E-state index in [1.807, 2.05) is 0 Å². The van der Waals surface area contributed by atoms with E-state index in [4.69, 9.17) is 0 Å². The molecule has 0 saturated heterocycles. The average Bonchev–Trinajstić information content (AvgIpc) is 2.75. The minimum absolute atomic E-state index is 0.0800. The normalized spacial score (nSPS) is 18.2. The molecule has 2 aromatic rings. The number of anilines is 1. The van der Waals surface area contributed by atoms with Gasteiger partial charge in [-0.1, -0.05) is 12.6 Å². The van der Waals surface area contributed by atoms with Gasteiger partial charge in [-0.2, -0.15) is 0 Å². The van der Waals surface area contributed by atoms with E-state index < -0.39 is 0 Å². The molecule has 0 aliphatic heterocycles. The molecule has 1 aromatic heterocycles. The second kappa shape index (κ2) is 10.2. The number of nitrogens with zero attached hydrogens (tertiary/aromatic N) is 1. The summed E-state index contributed by atoms with van der Waals surface area (Å²) in [6, 6.07) is 12.0. The summed E-state index contributed by atoms with van der Waals surface area (Å²) in [4.78, 5) is 40.3. The number of halogens is 1. The van der Waals surface area contributed by atoms with E-state index in [9.17, 15) is 14.4 Å². The average molecular weight is 471 g/mol. The second-order valence-electron chi connectivity index (χ2n) is 7.11. The highest BCUT2D eigenvalue weighted by molar-refractivity contribution is 9.10. The van der Waals surface area contributed by atoms with E-state index in [1.165, 1.54) is 6.08 Å². The summed E-state index contributed by atoms with van der Waals surface area (Å²) in [5.74, 6) is -0.640. The van der Waals surface area contributed by atoms with Gasteiger partial charge in [0.25, 0.3) is 11.8 Å². The van der Waals surface area contributed by atoms with E-state index in [0.717, 1.165) is 25.7 Å². The molecular formula is C22H23BrN4O3. The first kappa shape index (κ1) is 21.7. The van der Waals surface area contributed by atoms with Crippen LogP contribution in [0, 0.1) is 0 Å². The molecule has 156 valence electrons. The van der Waals surface area contributed by atoms with Crippen molar-refractivity contribution in [3.8, 4) is 0 Å². The standard InChI is InChI=1S/C22H23BrN4O3/c1-2-20(28)24-15-10-12-17(13-11-15)25-21(29)14-6-8-16(9-7-14)26-22(30)18-4-3-5-19(23)27-18/h2-9,15,17H,1,10-13H2,(H,24,28)(H,25,29)(H,26,30). The van der Waals surface area contributed by atoms with Gasteiger partial charge in [0.15, 0.2) is 0 Å². The molecule has 3 amide bonds. The van der Waals surface area contributed by atoms with Crippen LogP contribution in [0.25, 0.3) is 0 Å². The lowest BCUT2D eigenvalue weighted by Gasteiger charge is -2.29. The third-order valence-electron chi connectivity index (χ3n) is 4.95. The van der Waals surface area contributed by atoms with Crippen LogP contribution >= 0.6 is 15.9 Å². The van der Waals surface area contributed by atoms with Crippen LogP contribution in [-0.4, -0.2) is 34.8 Å². The minimum Gasteiger partial charge on any atom is -0.350 e. The zero-order valence-corrected chi connectivity index (χ0v) is 17.9. The summed E-state index contributed by atoms with van der Waals surface area (Å²) in [5, 5.41) is 8.70. The van der Waals surface area contributed by atoms with Gasteiger partial charge in [-0.3, -0.25) is 14.4 Å². The summed E-state index contributed by atoms with van der Waals surface area (Å²) in [5.41, 5.74) is 1.40. The van der Waals surface area contributed by atoms with Gasteiger partial charge in [-0.15, -0.1) is 0 Å². The number of carbonyl (C=O) groups is 3. The Kier molecular flexibility index (Phi) is 7.35. The molecule has 0 atom stereocenters. The van der Waals surface area contributed by atoms with Gasteiger partial charge >= 0.3 is 0 Å². The van der Waals surface area contributed by atoms with Crippen molar-refractivity contribution in [1.29, 1.82) is 0 Å². The summed E-state index contributed by atoms with van der Waals surface area (Å²) in [6.45, 7) is 3.46. The maximum Gasteiger partial charge on any atom is 0.274 e. The molecular weight excluding hydrogens is 448 g/mol. The highest BCUT2D eigenvalue weighted by Crippen LogP contribution is 2.19. The number of pyridine rings is 1. The molecule has 30 heavy (non-hydrogen) atoms. The molecule has 0 unspecified atom stereocenters. The first-order valence-electron chi connectivity index (χ1n) is 9.72. The zero-order chi connectivity index (χ0) is 21.5. The summed E-state index contributed by atoms with van der Waals surface area (Å²) >= 11 is 3.24. The van der Waals surface area contributed by atoms with Crippen LogP contribution in [0.3, 0.4) is 0 Å². The van der Waals surface area contributed by atoms with E-state index in [0.29, 0.717) is 21.5 Å². The predicted molar refractivity (Wildman–Crippen MR) is 118 cm³/mol. The van der Waals surface area contributed by atoms with Gasteiger partial charge in [0.2, 0.25) is 5.91 Å². The Morgan fingerprint density at radius 3 is 2.17 bits per heavy atom. The van der Waals surface area contributed by atoms with Crippen molar-refractivity contribution in [3.05, 3.63) is 71.0 Å². The Bertz CT molecular complexity index is 938. The summed E-state index contributed by atoms with van der Waals surface area (Å²) in [7, 11) is 0. The van der Waals surface area contributed by atoms with Gasteiger partial charge in [0, 0.05) is 23.3 Å². The quantitative estimate of drug-likeness (QED) is 0.444. The lowest BCUT2D eigenvalue weighted by molar-refractivity contribution is -0.117. The molecule has 8 heteroatoms. The number of nitrogens with one attached hydrogen (secondary N) is 3. The lowest BCUT2D eigenvalue weighted by atomic mass is 9.91. The zero-order valence-electron chi connectivity index (χ0n) is 16.4. The maximum atomic E-state index is 12.5. The van der Waals surface area contributed by atoms with Crippen molar-refractivity contribution in [1.82, 2.24) is 15.6 Å². The molecule has 1 heterocycles. The van der Waals surface area contributed by atoms with Crippen molar-refractivity contribution in [2.75, 3.05) is 5.32 Å². The van der Waals surface area contributed by atoms with E-state index >= 15 is 0 Å². The van der Waals surface area contributed by atoms with Crippen LogP contribution < -0.4 is 16.0 Å². The van der Waals surface area contributed by atoms with Crippen molar-refractivity contribution in [2.45, 2.75) is 37.8 Å².